The van der Waals surface area contributed by atoms with Crippen LogP contribution in [0.2, 0.25) is 0 Å². The van der Waals surface area contributed by atoms with Gasteiger partial charge in [0.2, 0.25) is 0 Å². The van der Waals surface area contributed by atoms with Gasteiger partial charge in [-0.05, 0) is 12.0 Å². The van der Waals surface area contributed by atoms with E-state index in [2.05, 4.69) is 10.6 Å². The molecular weight excluding hydrogens is 192 g/mol. The Morgan fingerprint density at radius 2 is 2.00 bits per heavy atom. The summed E-state index contributed by atoms with van der Waals surface area (Å²) in [6.07, 6.45) is 0.835. The van der Waals surface area contributed by atoms with Crippen molar-refractivity contribution >= 4 is 6.03 Å². The second-order valence-electron chi connectivity index (χ2n) is 3.10. The van der Waals surface area contributed by atoms with Crippen molar-refractivity contribution in [3.63, 3.8) is 0 Å². The fraction of sp³-hybridized carbons (Fsp3) is 0.364. The maximum atomic E-state index is 11.1. The van der Waals surface area contributed by atoms with E-state index in [1.54, 1.807) is 0 Å². The largest absolute Gasteiger partial charge is 0.364 e. The predicted octanol–water partition coefficient (Wildman–Crippen LogP) is 1.13. The predicted molar refractivity (Wildman–Crippen MR) is 58.6 cm³/mol. The molecule has 0 heterocycles. The van der Waals surface area contributed by atoms with Crippen molar-refractivity contribution in [1.82, 2.24) is 10.6 Å². The summed E-state index contributed by atoms with van der Waals surface area (Å²) in [5.74, 6) is 0. The molecule has 0 aromatic heterocycles. The number of methoxy groups -OCH3 is 1. The van der Waals surface area contributed by atoms with Crippen molar-refractivity contribution in [3.05, 3.63) is 35.9 Å². The van der Waals surface area contributed by atoms with Crippen molar-refractivity contribution in [2.75, 3.05) is 20.4 Å². The van der Waals surface area contributed by atoms with Gasteiger partial charge in [0.1, 0.15) is 6.73 Å². The summed E-state index contributed by atoms with van der Waals surface area (Å²) in [6, 6.07) is 9.82. The zero-order chi connectivity index (χ0) is 10.9. The van der Waals surface area contributed by atoms with E-state index >= 15 is 0 Å². The third kappa shape index (κ3) is 5.02. The van der Waals surface area contributed by atoms with Crippen molar-refractivity contribution in [2.45, 2.75) is 6.42 Å². The second kappa shape index (κ2) is 6.84. The highest BCUT2D eigenvalue weighted by atomic mass is 16.5. The number of hydrogen-bond donors (Lipinski definition) is 2. The topological polar surface area (TPSA) is 50.4 Å². The van der Waals surface area contributed by atoms with E-state index in [0.29, 0.717) is 6.54 Å². The summed E-state index contributed by atoms with van der Waals surface area (Å²) in [5, 5.41) is 5.28. The minimum absolute atomic E-state index is 0.201. The van der Waals surface area contributed by atoms with Gasteiger partial charge in [-0.1, -0.05) is 30.3 Å². The summed E-state index contributed by atoms with van der Waals surface area (Å²) in [5.41, 5.74) is 1.21. The molecular formula is C11H16N2O2. The fourth-order valence-corrected chi connectivity index (χ4v) is 1.17. The molecule has 0 aliphatic rings. The molecule has 0 unspecified atom stereocenters. The molecule has 82 valence electrons. The lowest BCUT2D eigenvalue weighted by Gasteiger charge is -2.06. The van der Waals surface area contributed by atoms with E-state index in [9.17, 15) is 4.79 Å². The first kappa shape index (κ1) is 11.5. The van der Waals surface area contributed by atoms with E-state index in [1.165, 1.54) is 12.7 Å². The van der Waals surface area contributed by atoms with Crippen LogP contribution in [0.5, 0.6) is 0 Å². The smallest absolute Gasteiger partial charge is 0.316 e. The zero-order valence-corrected chi connectivity index (χ0v) is 8.82. The van der Waals surface area contributed by atoms with Crippen molar-refractivity contribution in [2.24, 2.45) is 0 Å². The number of hydrogen-bond acceptors (Lipinski definition) is 2. The SMILES string of the molecule is COCNC(=O)NCCc1ccccc1. The fourth-order valence-electron chi connectivity index (χ4n) is 1.17. The third-order valence-electron chi connectivity index (χ3n) is 1.92. The zero-order valence-electron chi connectivity index (χ0n) is 8.82. The van der Waals surface area contributed by atoms with E-state index in [-0.39, 0.29) is 12.8 Å². The first-order valence-electron chi connectivity index (χ1n) is 4.87. The molecule has 1 aromatic carbocycles. The molecule has 2 amide bonds. The number of rotatable bonds is 5. The van der Waals surface area contributed by atoms with Gasteiger partial charge < -0.3 is 15.4 Å². The lowest BCUT2D eigenvalue weighted by atomic mass is 10.1. The molecule has 0 aliphatic carbocycles. The molecule has 4 heteroatoms. The number of carbonyl (C=O) groups is 1. The summed E-state index contributed by atoms with van der Waals surface area (Å²) in [7, 11) is 1.53. The van der Waals surface area contributed by atoms with Gasteiger partial charge >= 0.3 is 6.03 Å². The van der Waals surface area contributed by atoms with E-state index in [4.69, 9.17) is 4.74 Å². The lowest BCUT2D eigenvalue weighted by molar-refractivity contribution is 0.172. The number of ether oxygens (including phenoxy) is 1. The van der Waals surface area contributed by atoms with Crippen LogP contribution in [0.4, 0.5) is 4.79 Å². The summed E-state index contributed by atoms with van der Waals surface area (Å²) in [4.78, 5) is 11.1. The molecule has 0 saturated carbocycles. The summed E-state index contributed by atoms with van der Waals surface area (Å²) in [6.45, 7) is 0.858. The molecule has 0 saturated heterocycles. The number of benzene rings is 1. The minimum atomic E-state index is -0.201. The second-order valence-corrected chi connectivity index (χ2v) is 3.10. The van der Waals surface area contributed by atoms with Gasteiger partial charge in [-0.3, -0.25) is 0 Å². The van der Waals surface area contributed by atoms with Gasteiger partial charge in [-0.2, -0.15) is 0 Å². The Morgan fingerprint density at radius 1 is 1.27 bits per heavy atom. The molecule has 0 atom stereocenters. The average molecular weight is 208 g/mol. The van der Waals surface area contributed by atoms with Crippen LogP contribution in [0.25, 0.3) is 0 Å². The van der Waals surface area contributed by atoms with Crippen LogP contribution in [0.15, 0.2) is 30.3 Å². The quantitative estimate of drug-likeness (QED) is 0.713. The summed E-state index contributed by atoms with van der Waals surface area (Å²) < 4.78 is 4.71. The highest BCUT2D eigenvalue weighted by molar-refractivity contribution is 5.73. The Morgan fingerprint density at radius 3 is 2.67 bits per heavy atom. The molecule has 1 aromatic rings. The maximum absolute atomic E-state index is 11.1. The molecule has 0 aliphatic heterocycles. The van der Waals surface area contributed by atoms with Crippen LogP contribution in [-0.4, -0.2) is 26.4 Å². The number of urea groups is 1. The van der Waals surface area contributed by atoms with Crippen molar-refractivity contribution in [3.8, 4) is 0 Å². The minimum Gasteiger partial charge on any atom is -0.364 e. The highest BCUT2D eigenvalue weighted by Gasteiger charge is 1.97. The van der Waals surface area contributed by atoms with Gasteiger partial charge in [0.15, 0.2) is 0 Å². The van der Waals surface area contributed by atoms with Crippen LogP contribution in [0, 0.1) is 0 Å². The van der Waals surface area contributed by atoms with Gasteiger partial charge in [0, 0.05) is 13.7 Å². The molecule has 1 rings (SSSR count). The molecule has 15 heavy (non-hydrogen) atoms. The van der Waals surface area contributed by atoms with Gasteiger partial charge in [-0.15, -0.1) is 0 Å². The Kier molecular flexibility index (Phi) is 5.25. The molecule has 2 N–H and O–H groups in total. The maximum Gasteiger partial charge on any atom is 0.316 e. The number of nitrogens with one attached hydrogen (secondary N) is 2. The molecule has 0 fully saturated rings. The van der Waals surface area contributed by atoms with Gasteiger partial charge in [0.05, 0.1) is 0 Å². The van der Waals surface area contributed by atoms with Crippen LogP contribution >= 0.6 is 0 Å². The van der Waals surface area contributed by atoms with Crippen LogP contribution in [0.1, 0.15) is 5.56 Å². The Labute approximate surface area is 89.6 Å². The molecule has 0 bridgehead atoms. The first-order chi connectivity index (χ1) is 7.33. The van der Waals surface area contributed by atoms with Crippen molar-refractivity contribution < 1.29 is 9.53 Å². The number of carbonyl (C=O) groups excluding carboxylic acids is 1. The van der Waals surface area contributed by atoms with E-state index < -0.39 is 0 Å². The van der Waals surface area contributed by atoms with Crippen LogP contribution in [0.3, 0.4) is 0 Å². The van der Waals surface area contributed by atoms with Gasteiger partial charge in [-0.25, -0.2) is 4.79 Å². The monoisotopic (exact) mass is 208 g/mol. The Bertz CT molecular complexity index is 288. The average Bonchev–Trinajstić information content (AvgIpc) is 2.28. The molecule has 4 nitrogen and oxygen atoms in total. The lowest BCUT2D eigenvalue weighted by Crippen LogP contribution is -2.37. The van der Waals surface area contributed by atoms with Gasteiger partial charge in [0.25, 0.3) is 0 Å². The van der Waals surface area contributed by atoms with E-state index in [1.807, 2.05) is 30.3 Å². The van der Waals surface area contributed by atoms with E-state index in [0.717, 1.165) is 6.42 Å². The Hall–Kier alpha value is -1.55. The Balaban J connectivity index is 2.14. The van der Waals surface area contributed by atoms with Crippen LogP contribution in [-0.2, 0) is 11.2 Å². The highest BCUT2D eigenvalue weighted by Crippen LogP contribution is 1.97. The molecule has 0 spiro atoms. The normalized spacial score (nSPS) is 9.67. The third-order valence-corrected chi connectivity index (χ3v) is 1.92. The number of amides is 2. The van der Waals surface area contributed by atoms with Crippen molar-refractivity contribution in [1.29, 1.82) is 0 Å². The molecule has 0 radical (unpaired) electrons. The first-order valence-corrected chi connectivity index (χ1v) is 4.87. The summed E-state index contributed by atoms with van der Waals surface area (Å²) >= 11 is 0. The van der Waals surface area contributed by atoms with Crippen LogP contribution < -0.4 is 10.6 Å². The standard InChI is InChI=1S/C11H16N2O2/c1-15-9-13-11(14)12-8-7-10-5-3-2-4-6-10/h2-6H,7-9H2,1H3,(H2,12,13,14).